The van der Waals surface area contributed by atoms with Gasteiger partial charge in [-0.25, -0.2) is 0 Å². The van der Waals surface area contributed by atoms with Crippen molar-refractivity contribution in [1.82, 2.24) is 9.13 Å². The molecule has 9 rings (SSSR count). The molecule has 0 aliphatic heterocycles. The van der Waals surface area contributed by atoms with Crippen LogP contribution >= 0.6 is 0 Å². The molecule has 0 amide bonds. The van der Waals surface area contributed by atoms with Gasteiger partial charge >= 0.3 is 0 Å². The Hall–Kier alpha value is -7.39. The molecule has 5 nitrogen and oxygen atoms in total. The van der Waals surface area contributed by atoms with Crippen molar-refractivity contribution in [2.75, 3.05) is 0 Å². The Morgan fingerprint density at radius 3 is 1.56 bits per heavy atom. The first-order valence-electron chi connectivity index (χ1n) is 16.3. The van der Waals surface area contributed by atoms with Gasteiger partial charge in [0.1, 0.15) is 12.1 Å². The van der Waals surface area contributed by atoms with E-state index in [9.17, 15) is 15.8 Å². The van der Waals surface area contributed by atoms with E-state index in [1.807, 2.05) is 108 Å². The summed E-state index contributed by atoms with van der Waals surface area (Å²) in [5.41, 5.74) is 10.8. The highest BCUT2D eigenvalue weighted by atomic mass is 15.0. The third-order valence-electron chi connectivity index (χ3n) is 9.61. The molecule has 2 heterocycles. The van der Waals surface area contributed by atoms with Gasteiger partial charge in [0.2, 0.25) is 0 Å². The lowest BCUT2D eigenvalue weighted by molar-refractivity contribution is 1.16. The van der Waals surface area contributed by atoms with Gasteiger partial charge in [-0.1, -0.05) is 91.0 Å². The summed E-state index contributed by atoms with van der Waals surface area (Å²) < 4.78 is 4.31. The number of hydrogen-bond donors (Lipinski definition) is 0. The summed E-state index contributed by atoms with van der Waals surface area (Å²) in [5.74, 6) is 0. The number of benzene rings is 7. The topological polar surface area (TPSA) is 81.2 Å². The molecule has 0 aliphatic rings. The summed E-state index contributed by atoms with van der Waals surface area (Å²) in [6.45, 7) is 0. The predicted octanol–water partition coefficient (Wildman–Crippen LogP) is 10.8. The van der Waals surface area contributed by atoms with Crippen LogP contribution in [0.5, 0.6) is 0 Å². The smallest absolute Gasteiger partial charge is 0.101 e. The van der Waals surface area contributed by atoms with Gasteiger partial charge in [0.05, 0.1) is 56.2 Å². The Bertz CT molecular complexity index is 2880. The second-order valence-electron chi connectivity index (χ2n) is 12.3. The van der Waals surface area contributed by atoms with Gasteiger partial charge in [0, 0.05) is 27.1 Å². The molecular weight excluding hydrogens is 611 g/mol. The second-order valence-corrected chi connectivity index (χ2v) is 12.3. The highest BCUT2D eigenvalue weighted by Crippen LogP contribution is 2.39. The van der Waals surface area contributed by atoms with Gasteiger partial charge in [-0.2, -0.15) is 15.8 Å². The van der Waals surface area contributed by atoms with E-state index in [1.54, 1.807) is 0 Å². The van der Waals surface area contributed by atoms with Crippen molar-refractivity contribution in [2.24, 2.45) is 0 Å². The Morgan fingerprint density at radius 1 is 0.380 bits per heavy atom. The van der Waals surface area contributed by atoms with E-state index in [4.69, 9.17) is 0 Å². The van der Waals surface area contributed by atoms with Crippen molar-refractivity contribution in [1.29, 1.82) is 15.8 Å². The normalized spacial score (nSPS) is 11.1. The first-order valence-corrected chi connectivity index (χ1v) is 16.3. The van der Waals surface area contributed by atoms with Crippen molar-refractivity contribution in [3.8, 4) is 51.8 Å². The van der Waals surface area contributed by atoms with Gasteiger partial charge in [-0.15, -0.1) is 0 Å². The van der Waals surface area contributed by atoms with E-state index in [-0.39, 0.29) is 0 Å². The quantitative estimate of drug-likeness (QED) is 0.193. The fourth-order valence-corrected chi connectivity index (χ4v) is 7.46. The molecule has 9 aromatic rings. The third kappa shape index (κ3) is 4.31. The number of rotatable bonds is 4. The average Bonchev–Trinajstić information content (AvgIpc) is 3.69. The molecule has 0 unspecified atom stereocenters. The van der Waals surface area contributed by atoms with Crippen molar-refractivity contribution in [3.63, 3.8) is 0 Å². The summed E-state index contributed by atoms with van der Waals surface area (Å²) in [6.07, 6.45) is 0. The minimum atomic E-state index is 0.429. The summed E-state index contributed by atoms with van der Waals surface area (Å²) in [6, 6.07) is 57.8. The molecule has 0 saturated heterocycles. The molecule has 2 aromatic heterocycles. The molecular formula is C45H25N5. The summed E-state index contributed by atoms with van der Waals surface area (Å²) in [7, 11) is 0. The summed E-state index contributed by atoms with van der Waals surface area (Å²) >= 11 is 0. The maximum Gasteiger partial charge on any atom is 0.101 e. The maximum atomic E-state index is 10.5. The van der Waals surface area contributed by atoms with Crippen LogP contribution in [0.4, 0.5) is 0 Å². The highest BCUT2D eigenvalue weighted by Gasteiger charge is 2.20. The van der Waals surface area contributed by atoms with Crippen LogP contribution in [0.25, 0.3) is 77.2 Å². The Balaban J connectivity index is 1.22. The Labute approximate surface area is 287 Å². The van der Waals surface area contributed by atoms with E-state index in [2.05, 4.69) is 71.3 Å². The molecule has 0 saturated carbocycles. The Morgan fingerprint density at radius 2 is 0.920 bits per heavy atom. The number of aromatic nitrogens is 2. The fraction of sp³-hybridized carbons (Fsp3) is 0. The summed E-state index contributed by atoms with van der Waals surface area (Å²) in [4.78, 5) is 0. The van der Waals surface area contributed by atoms with Crippen LogP contribution in [0.15, 0.2) is 152 Å². The van der Waals surface area contributed by atoms with Crippen molar-refractivity contribution in [3.05, 3.63) is 168 Å². The van der Waals surface area contributed by atoms with E-state index >= 15 is 0 Å². The maximum absolute atomic E-state index is 10.5. The minimum absolute atomic E-state index is 0.429. The first kappa shape index (κ1) is 28.8. The number of nitriles is 3. The number of nitrogens with zero attached hydrogens (tertiary/aromatic N) is 5. The third-order valence-corrected chi connectivity index (χ3v) is 9.61. The lowest BCUT2D eigenvalue weighted by Gasteiger charge is -2.16. The van der Waals surface area contributed by atoms with Crippen LogP contribution in [0.2, 0.25) is 0 Å². The molecule has 0 atom stereocenters. The van der Waals surface area contributed by atoms with Crippen molar-refractivity contribution in [2.45, 2.75) is 0 Å². The molecule has 230 valence electrons. The van der Waals surface area contributed by atoms with E-state index < -0.39 is 0 Å². The lowest BCUT2D eigenvalue weighted by atomic mass is 9.94. The summed E-state index contributed by atoms with van der Waals surface area (Å²) in [5, 5.41) is 35.0. The molecule has 0 N–H and O–H groups in total. The fourth-order valence-electron chi connectivity index (χ4n) is 7.46. The van der Waals surface area contributed by atoms with E-state index in [0.29, 0.717) is 22.4 Å². The van der Waals surface area contributed by atoms with Crippen LogP contribution < -0.4 is 0 Å². The zero-order valence-electron chi connectivity index (χ0n) is 26.7. The van der Waals surface area contributed by atoms with Gasteiger partial charge in [-0.05, 0) is 77.4 Å². The monoisotopic (exact) mass is 635 g/mol. The molecule has 50 heavy (non-hydrogen) atoms. The van der Waals surface area contributed by atoms with Gasteiger partial charge < -0.3 is 9.13 Å². The average molecular weight is 636 g/mol. The Kier molecular flexibility index (Phi) is 6.56. The van der Waals surface area contributed by atoms with Crippen LogP contribution in [0.3, 0.4) is 0 Å². The zero-order valence-corrected chi connectivity index (χ0v) is 26.7. The van der Waals surface area contributed by atoms with Crippen molar-refractivity contribution < 1.29 is 0 Å². The van der Waals surface area contributed by atoms with Crippen LogP contribution in [0.1, 0.15) is 16.7 Å². The van der Waals surface area contributed by atoms with Gasteiger partial charge in [-0.3, -0.25) is 0 Å². The zero-order chi connectivity index (χ0) is 33.8. The second kappa shape index (κ2) is 11.4. The van der Waals surface area contributed by atoms with Crippen molar-refractivity contribution >= 4 is 43.6 Å². The molecule has 0 spiro atoms. The highest BCUT2D eigenvalue weighted by molar-refractivity contribution is 6.11. The SMILES string of the molecule is N#Cc1ccc2c(c1)c1ccccc1n2-c1ccccc1-c1cccc(-c2cc(C#N)c(-n3c4ccccc4c4ccccc43)c(C#N)c2)c1. The standard InChI is InChI=1S/C45H25N5/c46-26-29-20-21-44-39(22-29)38-15-4-6-17-41(38)49(44)40-16-5-1-12-35(40)31-11-9-10-30(23-31)32-24-33(27-47)45(34(25-32)28-48)50-42-18-7-2-13-36(42)37-14-3-8-19-43(37)50/h1-25H. The first-order chi connectivity index (χ1) is 24.7. The molecule has 0 bridgehead atoms. The lowest BCUT2D eigenvalue weighted by Crippen LogP contribution is -2.02. The minimum Gasteiger partial charge on any atom is -0.309 e. The van der Waals surface area contributed by atoms with E-state index in [0.717, 1.165) is 71.6 Å². The molecule has 7 aromatic carbocycles. The molecule has 0 fully saturated rings. The number of hydrogen-bond acceptors (Lipinski definition) is 3. The largest absolute Gasteiger partial charge is 0.309 e. The van der Waals surface area contributed by atoms with Crippen LogP contribution in [-0.4, -0.2) is 9.13 Å². The van der Waals surface area contributed by atoms with E-state index in [1.165, 1.54) is 0 Å². The van der Waals surface area contributed by atoms with Crippen LogP contribution in [-0.2, 0) is 0 Å². The number of fused-ring (bicyclic) bond motifs is 6. The molecule has 0 aliphatic carbocycles. The number of para-hydroxylation sites is 4. The molecule has 5 heteroatoms. The van der Waals surface area contributed by atoms with Gasteiger partial charge in [0.15, 0.2) is 0 Å². The molecule has 0 radical (unpaired) electrons. The predicted molar refractivity (Wildman–Crippen MR) is 200 cm³/mol. The van der Waals surface area contributed by atoms with Crippen LogP contribution in [0, 0.1) is 34.0 Å². The van der Waals surface area contributed by atoms with Gasteiger partial charge in [0.25, 0.3) is 0 Å².